The van der Waals surface area contributed by atoms with Gasteiger partial charge in [-0.05, 0) is 45.4 Å². The monoisotopic (exact) mass is 277 g/mol. The number of hydrogen-bond acceptors (Lipinski definition) is 3. The maximum atomic E-state index is 12.3. The Balaban J connectivity index is 2.80. The maximum Gasteiger partial charge on any atom is 0.230 e. The van der Waals surface area contributed by atoms with Gasteiger partial charge in [0.1, 0.15) is 0 Å². The Kier molecular flexibility index (Phi) is 4.43. The van der Waals surface area contributed by atoms with Crippen molar-refractivity contribution >= 4 is 17.5 Å². The first-order chi connectivity index (χ1) is 9.07. The van der Waals surface area contributed by atoms with Gasteiger partial charge in [0.25, 0.3) is 0 Å². The van der Waals surface area contributed by atoms with Crippen LogP contribution in [0.3, 0.4) is 0 Å². The fraction of sp³-hybridized carbons (Fsp3) is 0.467. The van der Waals surface area contributed by atoms with E-state index in [2.05, 4.69) is 5.32 Å². The van der Waals surface area contributed by atoms with Crippen LogP contribution in [0.15, 0.2) is 24.3 Å². The summed E-state index contributed by atoms with van der Waals surface area (Å²) in [5.41, 5.74) is 11.0. The highest BCUT2D eigenvalue weighted by Crippen LogP contribution is 2.24. The molecule has 0 heterocycles. The van der Waals surface area contributed by atoms with Crippen molar-refractivity contribution in [1.82, 2.24) is 5.32 Å². The minimum absolute atomic E-state index is 0.156. The Bertz CT molecular complexity index is 504. The second-order valence-corrected chi connectivity index (χ2v) is 6.18. The van der Waals surface area contributed by atoms with E-state index in [1.54, 1.807) is 26.0 Å². The first-order valence-corrected chi connectivity index (χ1v) is 6.51. The fourth-order valence-corrected chi connectivity index (χ4v) is 1.64. The molecule has 2 amide bonds. The lowest BCUT2D eigenvalue weighted by Gasteiger charge is -2.27. The van der Waals surface area contributed by atoms with E-state index in [0.717, 1.165) is 5.56 Å². The predicted octanol–water partition coefficient (Wildman–Crippen LogP) is 1.17. The number of benzene rings is 1. The predicted molar refractivity (Wildman–Crippen MR) is 79.9 cm³/mol. The molecule has 1 aromatic carbocycles. The molecular formula is C15H23N3O2. The number of hydrogen-bond donors (Lipinski definition) is 3. The van der Waals surface area contributed by atoms with E-state index in [1.165, 1.54) is 0 Å². The SMILES string of the molecule is CC(C)(CNC(=O)C(C)(C)c1ccc(N)cc1)C(N)=O. The molecule has 20 heavy (non-hydrogen) atoms. The van der Waals surface area contributed by atoms with Crippen LogP contribution in [0.25, 0.3) is 0 Å². The van der Waals surface area contributed by atoms with E-state index in [1.807, 2.05) is 26.0 Å². The van der Waals surface area contributed by atoms with Crippen LogP contribution in [0, 0.1) is 5.41 Å². The molecule has 1 aromatic rings. The fourth-order valence-electron chi connectivity index (χ4n) is 1.64. The van der Waals surface area contributed by atoms with Crippen molar-refractivity contribution in [3.05, 3.63) is 29.8 Å². The van der Waals surface area contributed by atoms with Crippen LogP contribution in [0.4, 0.5) is 5.69 Å². The third-order valence-corrected chi connectivity index (χ3v) is 3.56. The number of carbonyl (C=O) groups excluding carboxylic acids is 2. The molecule has 0 saturated heterocycles. The first-order valence-electron chi connectivity index (χ1n) is 6.51. The number of nitrogen functional groups attached to an aromatic ring is 1. The van der Waals surface area contributed by atoms with E-state index in [4.69, 9.17) is 11.5 Å². The van der Waals surface area contributed by atoms with Crippen LogP contribution in [-0.2, 0) is 15.0 Å². The largest absolute Gasteiger partial charge is 0.399 e. The summed E-state index contributed by atoms with van der Waals surface area (Å²) in [4.78, 5) is 23.6. The van der Waals surface area contributed by atoms with Crippen LogP contribution < -0.4 is 16.8 Å². The number of anilines is 1. The zero-order valence-electron chi connectivity index (χ0n) is 12.5. The molecule has 0 saturated carbocycles. The molecule has 5 nitrogen and oxygen atoms in total. The van der Waals surface area contributed by atoms with Gasteiger partial charge in [0.15, 0.2) is 0 Å². The summed E-state index contributed by atoms with van der Waals surface area (Å²) in [5, 5.41) is 2.79. The second kappa shape index (κ2) is 5.53. The van der Waals surface area contributed by atoms with E-state index < -0.39 is 16.7 Å². The number of rotatable bonds is 5. The Morgan fingerprint density at radius 2 is 1.60 bits per heavy atom. The Labute approximate surface area is 119 Å². The summed E-state index contributed by atoms with van der Waals surface area (Å²) in [7, 11) is 0. The molecular weight excluding hydrogens is 254 g/mol. The van der Waals surface area contributed by atoms with Gasteiger partial charge in [-0.3, -0.25) is 9.59 Å². The van der Waals surface area contributed by atoms with Crippen molar-refractivity contribution in [2.24, 2.45) is 11.1 Å². The van der Waals surface area contributed by atoms with Gasteiger partial charge in [-0.1, -0.05) is 12.1 Å². The van der Waals surface area contributed by atoms with Crippen molar-refractivity contribution in [3.63, 3.8) is 0 Å². The minimum Gasteiger partial charge on any atom is -0.399 e. The average Bonchev–Trinajstić information content (AvgIpc) is 2.36. The van der Waals surface area contributed by atoms with Crippen LogP contribution in [0.5, 0.6) is 0 Å². The molecule has 5 heteroatoms. The number of primary amides is 1. The van der Waals surface area contributed by atoms with Gasteiger partial charge in [-0.25, -0.2) is 0 Å². The summed E-state index contributed by atoms with van der Waals surface area (Å²) in [6.07, 6.45) is 0. The lowest BCUT2D eigenvalue weighted by Crippen LogP contribution is -2.47. The van der Waals surface area contributed by atoms with Crippen LogP contribution in [0.1, 0.15) is 33.3 Å². The standard InChI is InChI=1S/C15H23N3O2/c1-14(2,12(17)19)9-18-13(20)15(3,4)10-5-7-11(16)8-6-10/h5-8H,9,16H2,1-4H3,(H2,17,19)(H,18,20). The first kappa shape index (κ1) is 16.0. The Hall–Kier alpha value is -2.04. The summed E-state index contributed by atoms with van der Waals surface area (Å²) in [5.74, 6) is -0.598. The van der Waals surface area contributed by atoms with E-state index in [0.29, 0.717) is 5.69 Å². The Morgan fingerprint density at radius 3 is 2.05 bits per heavy atom. The van der Waals surface area contributed by atoms with Crippen molar-refractivity contribution in [1.29, 1.82) is 0 Å². The molecule has 0 aliphatic carbocycles. The molecule has 1 rings (SSSR count). The topological polar surface area (TPSA) is 98.2 Å². The van der Waals surface area contributed by atoms with Gasteiger partial charge in [0.05, 0.1) is 10.8 Å². The smallest absolute Gasteiger partial charge is 0.230 e. The minimum atomic E-state index is -0.771. The van der Waals surface area contributed by atoms with Crippen molar-refractivity contribution in [2.75, 3.05) is 12.3 Å². The molecule has 0 atom stereocenters. The molecule has 0 fully saturated rings. The molecule has 5 N–H and O–H groups in total. The summed E-state index contributed by atoms with van der Waals surface area (Å²) in [6.45, 7) is 7.26. The zero-order chi connectivity index (χ0) is 15.6. The summed E-state index contributed by atoms with van der Waals surface area (Å²) >= 11 is 0. The maximum absolute atomic E-state index is 12.3. The number of nitrogens with one attached hydrogen (secondary N) is 1. The van der Waals surface area contributed by atoms with Crippen molar-refractivity contribution in [2.45, 2.75) is 33.1 Å². The molecule has 0 aliphatic heterocycles. The summed E-state index contributed by atoms with van der Waals surface area (Å²) < 4.78 is 0. The van der Waals surface area contributed by atoms with Gasteiger partial charge < -0.3 is 16.8 Å². The lowest BCUT2D eigenvalue weighted by atomic mass is 9.83. The highest BCUT2D eigenvalue weighted by Gasteiger charge is 2.32. The van der Waals surface area contributed by atoms with Crippen molar-refractivity contribution in [3.8, 4) is 0 Å². The van der Waals surface area contributed by atoms with E-state index in [-0.39, 0.29) is 12.5 Å². The number of amides is 2. The third-order valence-electron chi connectivity index (χ3n) is 3.56. The normalized spacial score (nSPS) is 12.0. The van der Waals surface area contributed by atoms with E-state index in [9.17, 15) is 9.59 Å². The molecule has 0 radical (unpaired) electrons. The number of nitrogens with two attached hydrogens (primary N) is 2. The second-order valence-electron chi connectivity index (χ2n) is 6.18. The molecule has 0 aromatic heterocycles. The quantitative estimate of drug-likeness (QED) is 0.705. The highest BCUT2D eigenvalue weighted by atomic mass is 16.2. The van der Waals surface area contributed by atoms with Crippen LogP contribution in [-0.4, -0.2) is 18.4 Å². The Morgan fingerprint density at radius 1 is 1.10 bits per heavy atom. The van der Waals surface area contributed by atoms with Gasteiger partial charge in [0, 0.05) is 12.2 Å². The molecule has 0 unspecified atom stereocenters. The number of carbonyl (C=O) groups is 2. The third kappa shape index (κ3) is 3.50. The van der Waals surface area contributed by atoms with Gasteiger partial charge in [0.2, 0.25) is 11.8 Å². The van der Waals surface area contributed by atoms with Gasteiger partial charge in [-0.2, -0.15) is 0 Å². The molecule has 0 aliphatic rings. The van der Waals surface area contributed by atoms with Gasteiger partial charge in [-0.15, -0.1) is 0 Å². The van der Waals surface area contributed by atoms with E-state index >= 15 is 0 Å². The van der Waals surface area contributed by atoms with Crippen LogP contribution >= 0.6 is 0 Å². The zero-order valence-corrected chi connectivity index (χ0v) is 12.5. The molecule has 0 bridgehead atoms. The molecule has 110 valence electrons. The highest BCUT2D eigenvalue weighted by molar-refractivity contribution is 5.88. The average molecular weight is 277 g/mol. The lowest BCUT2D eigenvalue weighted by molar-refractivity contribution is -0.128. The summed E-state index contributed by atoms with van der Waals surface area (Å²) in [6, 6.07) is 7.18. The van der Waals surface area contributed by atoms with Crippen molar-refractivity contribution < 1.29 is 9.59 Å². The molecule has 0 spiro atoms. The van der Waals surface area contributed by atoms with Gasteiger partial charge >= 0.3 is 0 Å². The van der Waals surface area contributed by atoms with Crippen LogP contribution in [0.2, 0.25) is 0 Å².